The fourth-order valence-electron chi connectivity index (χ4n) is 5.97. The molecule has 0 spiro atoms. The third-order valence-electron chi connectivity index (χ3n) is 9.26. The topological polar surface area (TPSA) is 71.1 Å². The summed E-state index contributed by atoms with van der Waals surface area (Å²) in [5.41, 5.74) is 6.94. The Morgan fingerprint density at radius 1 is 0.673 bits per heavy atom. The van der Waals surface area contributed by atoms with Crippen LogP contribution in [0.3, 0.4) is 0 Å². The Labute approximate surface area is 349 Å². The SMILES string of the molecule is C#Cc1ccc2c(c1)C(C)(C)CCS2.CCOC(=O)c1ccc(C#Cc2ccc3c(c2)C(C)(C)CCS3)cc1OC.CCOC(=O)c1ccc(I)cc1OC. The van der Waals surface area contributed by atoms with Crippen molar-refractivity contribution in [3.05, 3.63) is 115 Å². The number of carbonyl (C=O) groups is 2. The highest BCUT2D eigenvalue weighted by molar-refractivity contribution is 14.1. The molecule has 0 radical (unpaired) electrons. The fraction of sp³-hybridized carbons (Fsp3) is 0.348. The van der Waals surface area contributed by atoms with Gasteiger partial charge in [-0.2, -0.15) is 0 Å². The Morgan fingerprint density at radius 3 is 1.60 bits per heavy atom. The summed E-state index contributed by atoms with van der Waals surface area (Å²) in [6.45, 7) is 13.4. The first-order chi connectivity index (χ1) is 26.3. The monoisotopic (exact) mass is 888 g/mol. The summed E-state index contributed by atoms with van der Waals surface area (Å²) in [5, 5.41) is 0. The molecule has 0 bridgehead atoms. The molecule has 0 unspecified atom stereocenters. The van der Waals surface area contributed by atoms with Crippen LogP contribution in [0, 0.1) is 27.8 Å². The normalized spacial score (nSPS) is 14.3. The van der Waals surface area contributed by atoms with Gasteiger partial charge in [0.2, 0.25) is 0 Å². The predicted molar refractivity (Wildman–Crippen MR) is 234 cm³/mol. The molecule has 0 saturated carbocycles. The van der Waals surface area contributed by atoms with E-state index in [0.717, 1.165) is 26.0 Å². The molecule has 0 aromatic heterocycles. The number of benzene rings is 4. The molecule has 2 heterocycles. The van der Waals surface area contributed by atoms with E-state index in [9.17, 15) is 9.59 Å². The van der Waals surface area contributed by atoms with Gasteiger partial charge in [0.05, 0.1) is 27.4 Å². The van der Waals surface area contributed by atoms with Crippen LogP contribution in [0.2, 0.25) is 0 Å². The van der Waals surface area contributed by atoms with Crippen LogP contribution in [-0.4, -0.2) is 50.9 Å². The van der Waals surface area contributed by atoms with Crippen molar-refractivity contribution in [1.29, 1.82) is 0 Å². The number of fused-ring (bicyclic) bond motifs is 2. The van der Waals surface area contributed by atoms with Crippen LogP contribution in [0.5, 0.6) is 11.5 Å². The number of carbonyl (C=O) groups excluding carboxylic acids is 2. The van der Waals surface area contributed by atoms with E-state index in [4.69, 9.17) is 25.4 Å². The number of rotatable bonds is 6. The van der Waals surface area contributed by atoms with E-state index in [-0.39, 0.29) is 22.8 Å². The highest BCUT2D eigenvalue weighted by Crippen LogP contribution is 2.42. The molecule has 9 heteroatoms. The molecule has 0 amide bonds. The molecule has 6 nitrogen and oxygen atoms in total. The van der Waals surface area contributed by atoms with Gasteiger partial charge >= 0.3 is 11.9 Å². The van der Waals surface area contributed by atoms with Crippen molar-refractivity contribution in [3.8, 4) is 35.7 Å². The summed E-state index contributed by atoms with van der Waals surface area (Å²) >= 11 is 6.02. The summed E-state index contributed by atoms with van der Waals surface area (Å²) in [6.07, 6.45) is 7.82. The van der Waals surface area contributed by atoms with Crippen molar-refractivity contribution in [1.82, 2.24) is 0 Å². The van der Waals surface area contributed by atoms with Crippen molar-refractivity contribution in [2.24, 2.45) is 0 Å². The summed E-state index contributed by atoms with van der Waals surface area (Å²) in [5.74, 6) is 11.8. The van der Waals surface area contributed by atoms with Crippen molar-refractivity contribution >= 4 is 58.1 Å². The molecule has 0 saturated heterocycles. The van der Waals surface area contributed by atoms with Crippen LogP contribution < -0.4 is 9.47 Å². The third-order valence-corrected chi connectivity index (χ3v) is 12.1. The molecule has 0 atom stereocenters. The molecule has 4 aromatic rings. The van der Waals surface area contributed by atoms with E-state index in [0.29, 0.717) is 35.8 Å². The molecule has 0 aliphatic carbocycles. The van der Waals surface area contributed by atoms with Gasteiger partial charge in [0.1, 0.15) is 22.6 Å². The lowest BCUT2D eigenvalue weighted by molar-refractivity contribution is 0.0513. The minimum atomic E-state index is -0.386. The first-order valence-electron chi connectivity index (χ1n) is 18.2. The van der Waals surface area contributed by atoms with Crippen molar-refractivity contribution < 1.29 is 28.5 Å². The van der Waals surface area contributed by atoms with Crippen LogP contribution in [-0.2, 0) is 20.3 Å². The van der Waals surface area contributed by atoms with E-state index >= 15 is 0 Å². The Hall–Kier alpha value is -4.03. The van der Waals surface area contributed by atoms with E-state index in [1.807, 2.05) is 41.7 Å². The Kier molecular flexibility index (Phi) is 16.1. The zero-order valence-electron chi connectivity index (χ0n) is 32.9. The highest BCUT2D eigenvalue weighted by atomic mass is 127. The quantitative estimate of drug-likeness (QED) is 0.108. The Morgan fingerprint density at radius 2 is 1.11 bits per heavy atom. The second kappa shape index (κ2) is 20.2. The Bertz CT molecular complexity index is 2100. The van der Waals surface area contributed by atoms with E-state index in [1.54, 1.807) is 45.2 Å². The second-order valence-electron chi connectivity index (χ2n) is 14.0. The minimum absolute atomic E-state index is 0.183. The number of hydrogen-bond acceptors (Lipinski definition) is 8. The Balaban J connectivity index is 0.000000202. The largest absolute Gasteiger partial charge is 0.496 e. The predicted octanol–water partition coefficient (Wildman–Crippen LogP) is 11.0. The number of halogens is 1. The summed E-state index contributed by atoms with van der Waals surface area (Å²) in [7, 11) is 3.08. The lowest BCUT2D eigenvalue weighted by Gasteiger charge is -2.32. The maximum Gasteiger partial charge on any atom is 0.341 e. The maximum atomic E-state index is 12.0. The van der Waals surface area contributed by atoms with Gasteiger partial charge in [-0.25, -0.2) is 9.59 Å². The highest BCUT2D eigenvalue weighted by Gasteiger charge is 2.28. The van der Waals surface area contributed by atoms with Crippen LogP contribution in [0.1, 0.15) is 103 Å². The molecule has 55 heavy (non-hydrogen) atoms. The number of esters is 2. The average molecular weight is 889 g/mol. The number of methoxy groups -OCH3 is 2. The van der Waals surface area contributed by atoms with Gasteiger partial charge in [0.25, 0.3) is 0 Å². The van der Waals surface area contributed by atoms with E-state index in [1.165, 1.54) is 46.6 Å². The van der Waals surface area contributed by atoms with Gasteiger partial charge in [0, 0.05) is 30.1 Å². The maximum absolute atomic E-state index is 12.0. The van der Waals surface area contributed by atoms with Gasteiger partial charge < -0.3 is 18.9 Å². The van der Waals surface area contributed by atoms with Gasteiger partial charge in [-0.3, -0.25) is 0 Å². The molecule has 288 valence electrons. The van der Waals surface area contributed by atoms with Gasteiger partial charge in [-0.15, -0.1) is 29.9 Å². The van der Waals surface area contributed by atoms with Crippen LogP contribution in [0.4, 0.5) is 0 Å². The first-order valence-corrected chi connectivity index (χ1v) is 21.2. The van der Waals surface area contributed by atoms with Gasteiger partial charge in [-0.1, -0.05) is 45.5 Å². The number of terminal acetylenes is 1. The van der Waals surface area contributed by atoms with E-state index < -0.39 is 0 Å². The smallest absolute Gasteiger partial charge is 0.341 e. The van der Waals surface area contributed by atoms with Crippen molar-refractivity contribution in [2.75, 3.05) is 38.9 Å². The van der Waals surface area contributed by atoms with Crippen LogP contribution in [0.15, 0.2) is 82.6 Å². The molecule has 2 aliphatic rings. The number of hydrogen-bond donors (Lipinski definition) is 0. The molecule has 6 rings (SSSR count). The molecule has 0 fully saturated rings. The lowest BCUT2D eigenvalue weighted by atomic mass is 9.81. The van der Waals surface area contributed by atoms with Crippen LogP contribution in [0.25, 0.3) is 0 Å². The lowest BCUT2D eigenvalue weighted by Crippen LogP contribution is -2.22. The molecule has 0 N–H and O–H groups in total. The second-order valence-corrected chi connectivity index (χ2v) is 17.5. The molecule has 4 aromatic carbocycles. The van der Waals surface area contributed by atoms with Crippen LogP contribution >= 0.6 is 46.1 Å². The first kappa shape index (κ1) is 43.7. The van der Waals surface area contributed by atoms with Crippen molar-refractivity contribution in [3.63, 3.8) is 0 Å². The molecular formula is C46H49IO6S2. The fourth-order valence-corrected chi connectivity index (χ4v) is 9.41. The standard InChI is InChI=1S/C23H24O3S.C13H14S.C10H11IO3/c1-5-26-22(24)18-10-8-17(15-20(18)25-4)7-6-16-9-11-21-19(14-16)23(2,3)12-13-27-21;1-4-10-5-6-12-11(9-10)13(2,3)7-8-14-12;1-3-14-10(12)8-5-4-7(11)6-9(8)13-2/h8-11,14-15H,5,12-13H2,1-4H3;1,5-6,9H,7-8H2,2-3H3;4-6H,3H2,1-2H3. The van der Waals surface area contributed by atoms with Gasteiger partial charge in [-0.05, 0) is 156 Å². The zero-order chi connectivity index (χ0) is 40.2. The summed E-state index contributed by atoms with van der Waals surface area (Å²) in [6, 6.07) is 23.5. The summed E-state index contributed by atoms with van der Waals surface area (Å²) in [4.78, 5) is 26.2. The minimum Gasteiger partial charge on any atom is -0.496 e. The third kappa shape index (κ3) is 11.7. The molecular weight excluding hydrogens is 840 g/mol. The average Bonchev–Trinajstić information content (AvgIpc) is 3.17. The van der Waals surface area contributed by atoms with Gasteiger partial charge in [0.15, 0.2) is 0 Å². The van der Waals surface area contributed by atoms with Crippen molar-refractivity contribution in [2.45, 2.75) is 75.0 Å². The number of thioether (sulfide) groups is 2. The summed E-state index contributed by atoms with van der Waals surface area (Å²) < 4.78 is 21.4. The number of ether oxygens (including phenoxy) is 4. The molecule has 2 aliphatic heterocycles. The zero-order valence-corrected chi connectivity index (χ0v) is 36.7. The van der Waals surface area contributed by atoms with E-state index in [2.05, 4.69) is 98.4 Å².